The Hall–Kier alpha value is -4.60. The summed E-state index contributed by atoms with van der Waals surface area (Å²) in [6.07, 6.45) is 11.5. The highest BCUT2D eigenvalue weighted by Crippen LogP contribution is 2.41. The maximum Gasteiger partial charge on any atom is 0.319 e. The largest absolute Gasteiger partial charge is 0.439 e. The van der Waals surface area contributed by atoms with E-state index in [2.05, 4.69) is 73.1 Å². The van der Waals surface area contributed by atoms with Crippen LogP contribution in [0, 0.1) is 0 Å². The van der Waals surface area contributed by atoms with Crippen LogP contribution in [0.15, 0.2) is 95.9 Å². The number of allylic oxidation sites excluding steroid dienone is 5. The molecule has 0 spiro atoms. The summed E-state index contributed by atoms with van der Waals surface area (Å²) in [5.74, 6) is -0.883. The molecule has 1 N–H and O–H groups in total. The van der Waals surface area contributed by atoms with Crippen LogP contribution >= 0.6 is 0 Å². The summed E-state index contributed by atoms with van der Waals surface area (Å²) in [6.45, 7) is 16.6. The van der Waals surface area contributed by atoms with E-state index >= 15 is 0 Å². The number of aromatic nitrogens is 4. The van der Waals surface area contributed by atoms with Crippen molar-refractivity contribution in [3.8, 4) is 22.6 Å². The fourth-order valence-electron chi connectivity index (χ4n) is 5.09. The molecule has 0 atom stereocenters. The van der Waals surface area contributed by atoms with Crippen LogP contribution in [0.2, 0.25) is 18.1 Å². The van der Waals surface area contributed by atoms with Gasteiger partial charge in [0.1, 0.15) is 12.4 Å². The van der Waals surface area contributed by atoms with Gasteiger partial charge in [-0.1, -0.05) is 76.9 Å². The Morgan fingerprint density at radius 3 is 2.49 bits per heavy atom. The maximum atomic E-state index is 13.5. The third-order valence-corrected chi connectivity index (χ3v) is 13.7. The van der Waals surface area contributed by atoms with Crippen LogP contribution in [0.5, 0.6) is 0 Å². The third-order valence-electron chi connectivity index (χ3n) is 8.48. The molecule has 220 valence electrons. The van der Waals surface area contributed by atoms with Crippen molar-refractivity contribution in [2.75, 3.05) is 0 Å². The predicted molar refractivity (Wildman–Crippen MR) is 173 cm³/mol. The van der Waals surface area contributed by atoms with Crippen molar-refractivity contribution in [3.63, 3.8) is 0 Å². The lowest BCUT2D eigenvalue weighted by molar-refractivity contribution is -0.112. The van der Waals surface area contributed by atoms with Gasteiger partial charge in [-0.2, -0.15) is 9.78 Å². The number of Topliss-reactive ketones (excluding diaryl/α,β-unsaturated/α-hetero) is 1. The number of rotatable bonds is 8. The first kappa shape index (κ1) is 29.9. The first-order valence-electron chi connectivity index (χ1n) is 14.2. The summed E-state index contributed by atoms with van der Waals surface area (Å²) in [6, 6.07) is 12.2. The zero-order valence-electron chi connectivity index (χ0n) is 25.4. The molecular weight excluding hydrogens is 556 g/mol. The minimum Gasteiger partial charge on any atom is -0.439 e. The van der Waals surface area contributed by atoms with Gasteiger partial charge in [-0.3, -0.25) is 9.59 Å². The summed E-state index contributed by atoms with van der Waals surface area (Å²) >= 11 is 0. The highest BCUT2D eigenvalue weighted by molar-refractivity contribution is 6.79. The van der Waals surface area contributed by atoms with Gasteiger partial charge < -0.3 is 13.8 Å². The molecular formula is C34H36N4O4Si. The number of hydrogen-bond acceptors (Lipinski definition) is 6. The van der Waals surface area contributed by atoms with Crippen LogP contribution in [0.3, 0.4) is 0 Å². The Labute approximate surface area is 251 Å². The van der Waals surface area contributed by atoms with E-state index in [4.69, 9.17) is 4.42 Å². The molecule has 0 aliphatic heterocycles. The number of carbonyl (C=O) groups excluding carboxylic acids is 2. The number of aliphatic hydroxyl groups excluding tert-OH is 1. The van der Waals surface area contributed by atoms with Gasteiger partial charge in [-0.15, -0.1) is 0 Å². The standard InChI is InChI=1S/C34H36N4O4Si/c1-8-10-12-22(9-2)31(40)33(41)38-30-18-23(17-27(28(30)20-36-38)32-35-19-24(21-39)42-32)25-13-11-14-29-26(25)15-16-37(29)43(6,7)34(3,4)5/h8-20,39H,1,21H2,2-7H3. The van der Waals surface area contributed by atoms with Crippen LogP contribution in [0.1, 0.15) is 38.2 Å². The average molecular weight is 593 g/mol. The van der Waals surface area contributed by atoms with Crippen molar-refractivity contribution in [3.05, 3.63) is 97.2 Å². The second kappa shape index (κ2) is 11.2. The van der Waals surface area contributed by atoms with Gasteiger partial charge in [0.2, 0.25) is 5.89 Å². The number of fused-ring (bicyclic) bond motifs is 2. The number of benzene rings is 2. The summed E-state index contributed by atoms with van der Waals surface area (Å²) < 4.78 is 9.40. The van der Waals surface area contributed by atoms with Gasteiger partial charge in [0.25, 0.3) is 5.78 Å². The van der Waals surface area contributed by atoms with Crippen molar-refractivity contribution >= 4 is 41.7 Å². The molecule has 5 aromatic rings. The van der Waals surface area contributed by atoms with Gasteiger partial charge in [0, 0.05) is 27.4 Å². The number of carbonyl (C=O) groups is 2. The molecule has 9 heteroatoms. The molecule has 0 bridgehead atoms. The van der Waals surface area contributed by atoms with E-state index < -0.39 is 19.9 Å². The van der Waals surface area contributed by atoms with Crippen molar-refractivity contribution < 1.29 is 19.1 Å². The Balaban J connectivity index is 1.75. The van der Waals surface area contributed by atoms with Gasteiger partial charge in [0.05, 0.1) is 17.9 Å². The van der Waals surface area contributed by atoms with E-state index in [1.807, 2.05) is 24.3 Å². The molecule has 0 fully saturated rings. The molecule has 0 radical (unpaired) electrons. The molecule has 0 aliphatic rings. The Morgan fingerprint density at radius 2 is 1.84 bits per heavy atom. The van der Waals surface area contributed by atoms with Gasteiger partial charge in [-0.05, 0) is 53.6 Å². The number of ketones is 1. The van der Waals surface area contributed by atoms with E-state index in [-0.39, 0.29) is 23.1 Å². The minimum absolute atomic E-state index is 0.127. The molecule has 3 heterocycles. The fourth-order valence-corrected chi connectivity index (χ4v) is 7.06. The lowest BCUT2D eigenvalue weighted by atomic mass is 9.97. The number of hydrogen-bond donors (Lipinski definition) is 1. The lowest BCUT2D eigenvalue weighted by Gasteiger charge is -2.38. The summed E-state index contributed by atoms with van der Waals surface area (Å²) in [5, 5.41) is 15.7. The highest BCUT2D eigenvalue weighted by atomic mass is 28.3. The quantitative estimate of drug-likeness (QED) is 0.0863. The summed E-state index contributed by atoms with van der Waals surface area (Å²) in [5.41, 5.74) is 4.18. The van der Waals surface area contributed by atoms with Gasteiger partial charge in [-0.25, -0.2) is 4.98 Å². The second-order valence-electron chi connectivity index (χ2n) is 12.0. The van der Waals surface area contributed by atoms with Crippen LogP contribution in [0.25, 0.3) is 44.4 Å². The Kier molecular flexibility index (Phi) is 7.81. The highest BCUT2D eigenvalue weighted by Gasteiger charge is 2.38. The first-order chi connectivity index (χ1) is 20.4. The van der Waals surface area contributed by atoms with Crippen LogP contribution in [-0.4, -0.2) is 44.0 Å². The van der Waals surface area contributed by atoms with E-state index in [0.29, 0.717) is 22.2 Å². The molecule has 3 aromatic heterocycles. The van der Waals surface area contributed by atoms with E-state index in [9.17, 15) is 14.7 Å². The SMILES string of the molecule is C=CC=CC(=CC)C(=O)C(=O)n1ncc2c(-c3ncc(CO)o3)cc(-c3cccc4c3ccn4[Si](C)(C)C(C)(C)C)cc21. The monoisotopic (exact) mass is 592 g/mol. The van der Waals surface area contributed by atoms with Gasteiger partial charge >= 0.3 is 5.91 Å². The molecule has 8 nitrogen and oxygen atoms in total. The van der Waals surface area contributed by atoms with E-state index in [1.165, 1.54) is 12.4 Å². The second-order valence-corrected chi connectivity index (χ2v) is 17.1. The molecule has 0 saturated heterocycles. The predicted octanol–water partition coefficient (Wildman–Crippen LogP) is 7.56. The third kappa shape index (κ3) is 5.15. The Morgan fingerprint density at radius 1 is 1.07 bits per heavy atom. The van der Waals surface area contributed by atoms with E-state index in [1.54, 1.807) is 31.2 Å². The molecule has 0 aliphatic carbocycles. The minimum atomic E-state index is -1.92. The Bertz CT molecular complexity index is 1950. The summed E-state index contributed by atoms with van der Waals surface area (Å²) in [4.78, 5) is 31.1. The van der Waals surface area contributed by atoms with Crippen LogP contribution in [-0.2, 0) is 11.4 Å². The lowest BCUT2D eigenvalue weighted by Crippen LogP contribution is -2.44. The molecule has 0 saturated carbocycles. The first-order valence-corrected chi connectivity index (χ1v) is 17.1. The fraction of sp³-hybridized carbons (Fsp3) is 0.235. The number of oxazole rings is 1. The molecule has 2 aromatic carbocycles. The smallest absolute Gasteiger partial charge is 0.319 e. The van der Waals surface area contributed by atoms with Gasteiger partial charge in [0.15, 0.2) is 8.24 Å². The van der Waals surface area contributed by atoms with Crippen molar-refractivity contribution in [1.29, 1.82) is 0 Å². The zero-order valence-corrected chi connectivity index (χ0v) is 26.4. The maximum absolute atomic E-state index is 13.5. The van der Waals surface area contributed by atoms with Crippen LogP contribution in [0.4, 0.5) is 0 Å². The van der Waals surface area contributed by atoms with Crippen molar-refractivity contribution in [1.82, 2.24) is 19.0 Å². The summed E-state index contributed by atoms with van der Waals surface area (Å²) in [7, 11) is -1.92. The molecule has 43 heavy (non-hydrogen) atoms. The topological polar surface area (TPSA) is 103 Å². The van der Waals surface area contributed by atoms with E-state index in [0.717, 1.165) is 26.7 Å². The number of aliphatic hydroxyl groups is 1. The molecule has 0 unspecified atom stereocenters. The van der Waals surface area contributed by atoms with Crippen molar-refractivity contribution in [2.24, 2.45) is 0 Å². The molecule has 0 amide bonds. The zero-order chi connectivity index (χ0) is 31.1. The number of nitrogens with zero attached hydrogens (tertiary/aromatic N) is 4. The van der Waals surface area contributed by atoms with Crippen LogP contribution < -0.4 is 0 Å². The normalized spacial score (nSPS) is 13.0. The van der Waals surface area contributed by atoms with Crippen molar-refractivity contribution in [2.45, 2.75) is 52.4 Å². The average Bonchev–Trinajstić information content (AvgIpc) is 3.74. The molecule has 5 rings (SSSR count).